The summed E-state index contributed by atoms with van der Waals surface area (Å²) in [4.78, 5) is 73.8. The fourth-order valence-corrected chi connectivity index (χ4v) is 8.68. The molecule has 4 heterocycles. The number of aromatic nitrogens is 2. The van der Waals surface area contributed by atoms with Crippen LogP contribution in [0.3, 0.4) is 0 Å². The zero-order chi connectivity index (χ0) is 44.2. The molecule has 3 aliphatic rings. The van der Waals surface area contributed by atoms with Gasteiger partial charge < -0.3 is 40.4 Å². The Morgan fingerprint density at radius 1 is 0.968 bits per heavy atom. The zero-order valence-electron chi connectivity index (χ0n) is 34.6. The number of thiazole rings is 1. The number of anilines is 3. The summed E-state index contributed by atoms with van der Waals surface area (Å²) in [5.41, 5.74) is 1.74. The van der Waals surface area contributed by atoms with Gasteiger partial charge in [0.25, 0.3) is 5.91 Å². The molecule has 334 valence electrons. The van der Waals surface area contributed by atoms with Crippen LogP contribution in [0.4, 0.5) is 21.0 Å². The Morgan fingerprint density at radius 2 is 1.78 bits per heavy atom. The lowest BCUT2D eigenvalue weighted by Gasteiger charge is -2.39. The summed E-state index contributed by atoms with van der Waals surface area (Å²) in [7, 11) is 0. The Morgan fingerprint density at radius 3 is 2.57 bits per heavy atom. The lowest BCUT2D eigenvalue weighted by atomic mass is 9.69. The first-order valence-corrected chi connectivity index (χ1v) is 22.3. The molecule has 2 fully saturated rings. The van der Waals surface area contributed by atoms with E-state index in [9.17, 15) is 28.4 Å². The van der Waals surface area contributed by atoms with Gasteiger partial charge in [0.15, 0.2) is 16.7 Å². The number of nitrogens with zero attached hydrogens (tertiary/aromatic N) is 3. The van der Waals surface area contributed by atoms with E-state index in [1.165, 1.54) is 22.3 Å². The maximum Gasteiger partial charge on any atom is 0.255 e. The number of rotatable bonds is 21. The summed E-state index contributed by atoms with van der Waals surface area (Å²) >= 11 is 7.44. The molecule has 16 nitrogen and oxygen atoms in total. The van der Waals surface area contributed by atoms with Crippen molar-refractivity contribution in [3.63, 3.8) is 0 Å². The highest BCUT2D eigenvalue weighted by atomic mass is 35.5. The highest BCUT2D eigenvalue weighted by Crippen LogP contribution is 2.41. The number of benzene rings is 2. The van der Waals surface area contributed by atoms with E-state index in [4.69, 9.17) is 30.8 Å². The Kier molecular flexibility index (Phi) is 15.7. The molecule has 2 aromatic heterocycles. The molecule has 4 aromatic rings. The Bertz CT molecular complexity index is 2260. The van der Waals surface area contributed by atoms with Crippen molar-refractivity contribution >= 4 is 69.1 Å². The molecular formula is C44H50ClFN8O8S. The molecule has 63 heavy (non-hydrogen) atoms. The van der Waals surface area contributed by atoms with Crippen LogP contribution in [0, 0.1) is 11.2 Å². The number of fused-ring (bicyclic) bond motifs is 1. The number of carbonyl (C=O) groups is 5. The second-order valence-corrected chi connectivity index (χ2v) is 16.9. The SMILES string of the molecule is O=C1CCC(N2Cc3cc(NC(=O)CCOCCOCCNCCNC(=O)C4(Cc5cccc(Nc6nccs6)n5)CCC(Oc5cccc(Cl)c5F)CC4)ccc3C2=O)C(=O)N1. The summed E-state index contributed by atoms with van der Waals surface area (Å²) in [5.74, 6) is -1.25. The molecule has 2 aromatic carbocycles. The average molecular weight is 905 g/mol. The third-order valence-electron chi connectivity index (χ3n) is 11.2. The van der Waals surface area contributed by atoms with E-state index in [0.717, 1.165) is 10.8 Å². The summed E-state index contributed by atoms with van der Waals surface area (Å²) in [6.45, 7) is 2.98. The first kappa shape index (κ1) is 45.5. The maximum atomic E-state index is 14.6. The van der Waals surface area contributed by atoms with Gasteiger partial charge >= 0.3 is 0 Å². The van der Waals surface area contributed by atoms with E-state index in [0.29, 0.717) is 94.2 Å². The summed E-state index contributed by atoms with van der Waals surface area (Å²) in [6, 6.07) is 14.7. The standard InChI is InChI=1S/C44H50ClFN8O8S/c45-33-4-2-5-35(39(33)46)62-31-11-14-44(15-12-31,26-30-3-1-6-36(50-30)52-43-49-19-24-63-43)42(59)48-17-16-47-18-21-61-23-22-60-20-13-38(56)51-29-7-8-32-28(25-29)27-54(41(32)58)34-9-10-37(55)53-40(34)57/h1-8,19,24-25,31,34,47H,9-18,20-23,26-27H2,(H,48,59)(H,51,56)(H,49,50,52)(H,53,55,57). The first-order chi connectivity index (χ1) is 30.6. The van der Waals surface area contributed by atoms with Crippen molar-refractivity contribution in [2.24, 2.45) is 5.41 Å². The quantitative estimate of drug-likeness (QED) is 0.0545. The smallest absolute Gasteiger partial charge is 0.255 e. The molecule has 1 atom stereocenters. The van der Waals surface area contributed by atoms with Gasteiger partial charge in [-0.05, 0) is 80.1 Å². The van der Waals surface area contributed by atoms with Gasteiger partial charge in [-0.15, -0.1) is 11.3 Å². The number of imide groups is 1. The molecule has 1 aliphatic carbocycles. The molecule has 19 heteroatoms. The van der Waals surface area contributed by atoms with Crippen LogP contribution in [0.5, 0.6) is 5.75 Å². The van der Waals surface area contributed by atoms with E-state index in [-0.39, 0.29) is 72.9 Å². The van der Waals surface area contributed by atoms with Gasteiger partial charge in [0, 0.05) is 67.5 Å². The maximum absolute atomic E-state index is 14.6. The van der Waals surface area contributed by atoms with Crippen LogP contribution in [0.1, 0.15) is 66.6 Å². The molecule has 1 unspecified atom stereocenters. The number of amides is 5. The Labute approximate surface area is 373 Å². The van der Waals surface area contributed by atoms with Crippen LogP contribution < -0.4 is 31.3 Å². The number of carbonyl (C=O) groups excluding carboxylic acids is 5. The monoisotopic (exact) mass is 904 g/mol. The van der Waals surface area contributed by atoms with Gasteiger partial charge in [0.1, 0.15) is 11.9 Å². The van der Waals surface area contributed by atoms with Crippen molar-refractivity contribution in [2.75, 3.05) is 56.7 Å². The second kappa shape index (κ2) is 21.7. The predicted octanol–water partition coefficient (Wildman–Crippen LogP) is 5.15. The molecular weight excluding hydrogens is 855 g/mol. The predicted molar refractivity (Wildman–Crippen MR) is 233 cm³/mol. The van der Waals surface area contributed by atoms with Gasteiger partial charge in [-0.2, -0.15) is 0 Å². The van der Waals surface area contributed by atoms with Gasteiger partial charge in [-0.25, -0.2) is 14.4 Å². The van der Waals surface area contributed by atoms with Crippen LogP contribution >= 0.6 is 22.9 Å². The number of nitrogens with one attached hydrogen (secondary N) is 5. The molecule has 2 aliphatic heterocycles. The van der Waals surface area contributed by atoms with Crippen LogP contribution in [-0.2, 0) is 41.6 Å². The Hall–Kier alpha value is -5.53. The molecule has 0 bridgehead atoms. The minimum absolute atomic E-state index is 0.00138. The number of pyridine rings is 1. The summed E-state index contributed by atoms with van der Waals surface area (Å²) in [6.07, 6.45) is 4.61. The minimum Gasteiger partial charge on any atom is -0.487 e. The third kappa shape index (κ3) is 12.1. The van der Waals surface area contributed by atoms with Crippen LogP contribution in [-0.4, -0.2) is 103 Å². The van der Waals surface area contributed by atoms with Gasteiger partial charge in [-0.3, -0.25) is 29.3 Å². The van der Waals surface area contributed by atoms with E-state index in [1.807, 2.05) is 23.6 Å². The normalized spacial score (nSPS) is 19.7. The minimum atomic E-state index is -0.740. The zero-order valence-corrected chi connectivity index (χ0v) is 36.2. The van der Waals surface area contributed by atoms with Crippen molar-refractivity contribution in [2.45, 2.75) is 70.1 Å². The molecule has 1 saturated carbocycles. The molecule has 5 amide bonds. The van der Waals surface area contributed by atoms with E-state index < -0.39 is 23.2 Å². The van der Waals surface area contributed by atoms with Crippen LogP contribution in [0.15, 0.2) is 66.2 Å². The first-order valence-electron chi connectivity index (χ1n) is 21.0. The highest BCUT2D eigenvalue weighted by molar-refractivity contribution is 7.13. The van der Waals surface area contributed by atoms with Crippen molar-refractivity contribution in [3.8, 4) is 5.75 Å². The fraction of sp³-hybridized carbons (Fsp3) is 0.432. The van der Waals surface area contributed by atoms with Crippen molar-refractivity contribution in [1.82, 2.24) is 30.8 Å². The van der Waals surface area contributed by atoms with E-state index in [1.54, 1.807) is 36.5 Å². The second-order valence-electron chi connectivity index (χ2n) is 15.6. The number of halogens is 2. The molecule has 7 rings (SSSR count). The van der Waals surface area contributed by atoms with Crippen molar-refractivity contribution in [1.29, 1.82) is 0 Å². The average Bonchev–Trinajstić information content (AvgIpc) is 3.90. The number of hydrogen-bond acceptors (Lipinski definition) is 13. The lowest BCUT2D eigenvalue weighted by Crippen LogP contribution is -2.52. The largest absolute Gasteiger partial charge is 0.487 e. The third-order valence-corrected chi connectivity index (χ3v) is 12.2. The Balaban J connectivity index is 0.778. The summed E-state index contributed by atoms with van der Waals surface area (Å²) in [5, 5.41) is 17.3. The fourth-order valence-electron chi connectivity index (χ4n) is 7.97. The summed E-state index contributed by atoms with van der Waals surface area (Å²) < 4.78 is 31.9. The number of piperidine rings is 1. The van der Waals surface area contributed by atoms with Crippen LogP contribution in [0.25, 0.3) is 0 Å². The lowest BCUT2D eigenvalue weighted by molar-refractivity contribution is -0.137. The van der Waals surface area contributed by atoms with Crippen molar-refractivity contribution in [3.05, 3.63) is 93.8 Å². The molecule has 5 N–H and O–H groups in total. The van der Waals surface area contributed by atoms with Crippen LogP contribution in [0.2, 0.25) is 5.02 Å². The molecule has 0 spiro atoms. The number of ether oxygens (including phenoxy) is 3. The molecule has 1 saturated heterocycles. The van der Waals surface area contributed by atoms with Gasteiger partial charge in [-0.1, -0.05) is 23.7 Å². The van der Waals surface area contributed by atoms with E-state index in [2.05, 4.69) is 31.6 Å². The van der Waals surface area contributed by atoms with Crippen molar-refractivity contribution < 1.29 is 42.6 Å². The topological polar surface area (TPSA) is 202 Å². The van der Waals surface area contributed by atoms with E-state index >= 15 is 0 Å². The number of hydrogen-bond donors (Lipinski definition) is 5. The highest BCUT2D eigenvalue weighted by Gasteiger charge is 2.43. The molecule has 0 radical (unpaired) electrons. The van der Waals surface area contributed by atoms with Gasteiger partial charge in [0.2, 0.25) is 23.6 Å². The van der Waals surface area contributed by atoms with Gasteiger partial charge in [0.05, 0.1) is 49.4 Å².